The molecule has 8 atom stereocenters. The van der Waals surface area contributed by atoms with Crippen LogP contribution < -0.4 is 0 Å². The Hall–Kier alpha value is -1.91. The van der Waals surface area contributed by atoms with Crippen LogP contribution in [0.1, 0.15) is 20.8 Å². The Morgan fingerprint density at radius 3 is 1.00 bits per heavy atom. The molecule has 0 bridgehead atoms. The van der Waals surface area contributed by atoms with Crippen molar-refractivity contribution in [1.82, 2.24) is 0 Å². The molecule has 0 aliphatic carbocycles. The van der Waals surface area contributed by atoms with Gasteiger partial charge < -0.3 is 76.6 Å². The van der Waals surface area contributed by atoms with Crippen molar-refractivity contribution < 1.29 is 91.0 Å². The quantitative estimate of drug-likeness (QED) is 0.112. The Kier molecular flexibility index (Phi) is 34.9. The summed E-state index contributed by atoms with van der Waals surface area (Å²) in [6.07, 6.45) is -12.8. The highest BCUT2D eigenvalue weighted by atomic mass is 16.4. The van der Waals surface area contributed by atoms with Crippen LogP contribution in [-0.4, -0.2) is 176 Å². The van der Waals surface area contributed by atoms with Crippen LogP contribution >= 0.6 is 0 Å². The first kappa shape index (κ1) is 45.0. The van der Waals surface area contributed by atoms with Gasteiger partial charge in [0.2, 0.25) is 0 Å². The van der Waals surface area contributed by atoms with E-state index in [9.17, 15) is 9.59 Å². The molecule has 0 spiro atoms. The fourth-order valence-corrected chi connectivity index (χ4v) is 1.27. The van der Waals surface area contributed by atoms with Crippen molar-refractivity contribution in [2.24, 2.45) is 0 Å². The van der Waals surface area contributed by atoms with Gasteiger partial charge >= 0.3 is 5.97 Å². The molecule has 0 aromatic heterocycles. The molecule has 226 valence electrons. The van der Waals surface area contributed by atoms with Crippen LogP contribution in [-0.2, 0) is 14.4 Å². The number of carbonyl (C=O) groups excluding carboxylic acids is 1. The van der Waals surface area contributed by atoms with Gasteiger partial charge in [-0.2, -0.15) is 0 Å². The Morgan fingerprint density at radius 1 is 0.622 bits per heavy atom. The van der Waals surface area contributed by atoms with Crippen molar-refractivity contribution in [3.63, 3.8) is 0 Å². The van der Waals surface area contributed by atoms with Crippen LogP contribution in [0, 0.1) is 0 Å². The van der Waals surface area contributed by atoms with Crippen molar-refractivity contribution in [3.8, 4) is 0 Å². The molecule has 0 saturated carbocycles. The fourth-order valence-electron chi connectivity index (χ4n) is 1.27. The van der Waals surface area contributed by atoms with E-state index in [1.165, 1.54) is 6.92 Å². The van der Waals surface area contributed by atoms with Gasteiger partial charge in [-0.25, -0.2) is 4.79 Å². The average Bonchev–Trinajstić information content (AvgIpc) is 2.85. The average molecular weight is 559 g/mol. The van der Waals surface area contributed by atoms with Gasteiger partial charge in [-0.15, -0.1) is 0 Å². The minimum Gasteiger partial charge on any atom is -0.481 e. The van der Waals surface area contributed by atoms with E-state index in [4.69, 9.17) is 81.4 Å². The number of Topliss-reactive ketones (excluding diaryl/α,β-unsaturated/α-hetero) is 1. The lowest BCUT2D eigenvalue weighted by Gasteiger charge is -2.24. The maximum atomic E-state index is 10.5. The Balaban J connectivity index is -0.000000127. The summed E-state index contributed by atoms with van der Waals surface area (Å²) in [5.41, 5.74) is 0. The molecule has 37 heavy (non-hydrogen) atoms. The van der Waals surface area contributed by atoms with Crippen LogP contribution in [0.15, 0.2) is 0 Å². The van der Waals surface area contributed by atoms with Crippen LogP contribution in [0.2, 0.25) is 0 Å². The summed E-state index contributed by atoms with van der Waals surface area (Å²) >= 11 is 0. The van der Waals surface area contributed by atoms with Gasteiger partial charge in [-0.05, 0) is 13.8 Å². The van der Waals surface area contributed by atoms with Crippen molar-refractivity contribution >= 4 is 17.7 Å². The molecular formula is C19H42O18. The molecule has 0 aliphatic rings. The second-order valence-electron chi connectivity index (χ2n) is 6.64. The maximum Gasteiger partial charge on any atom is 0.332 e. The molecular weight excluding hydrogens is 516 g/mol. The summed E-state index contributed by atoms with van der Waals surface area (Å²) in [7, 11) is 0. The maximum absolute atomic E-state index is 10.5. The zero-order valence-electron chi connectivity index (χ0n) is 20.6. The first-order chi connectivity index (χ1) is 16.9. The van der Waals surface area contributed by atoms with Crippen LogP contribution in [0.25, 0.3) is 0 Å². The summed E-state index contributed by atoms with van der Waals surface area (Å²) in [5.74, 6) is -3.02. The smallest absolute Gasteiger partial charge is 0.332 e. The first-order valence-electron chi connectivity index (χ1n) is 10.3. The van der Waals surface area contributed by atoms with Crippen molar-refractivity contribution in [1.29, 1.82) is 0 Å². The molecule has 18 nitrogen and oxygen atoms in total. The Labute approximate surface area is 212 Å². The molecule has 0 amide bonds. The van der Waals surface area contributed by atoms with Gasteiger partial charge in [0.05, 0.1) is 19.8 Å². The van der Waals surface area contributed by atoms with Gasteiger partial charge in [-0.1, -0.05) is 0 Å². The predicted molar refractivity (Wildman–Crippen MR) is 121 cm³/mol. The van der Waals surface area contributed by atoms with Crippen molar-refractivity contribution in [3.05, 3.63) is 0 Å². The highest BCUT2D eigenvalue weighted by Crippen LogP contribution is 2.04. The molecule has 0 aromatic carbocycles. The molecule has 1 unspecified atom stereocenters. The number of ketones is 1. The Morgan fingerprint density at radius 2 is 0.838 bits per heavy atom. The molecule has 0 fully saturated rings. The molecule has 0 radical (unpaired) electrons. The van der Waals surface area contributed by atoms with Gasteiger partial charge in [0.25, 0.3) is 5.97 Å². The zero-order chi connectivity index (χ0) is 30.9. The highest BCUT2D eigenvalue weighted by Gasteiger charge is 2.29. The largest absolute Gasteiger partial charge is 0.481 e. The molecule has 0 rings (SSSR count). The van der Waals surface area contributed by atoms with E-state index in [1.54, 1.807) is 6.92 Å². The van der Waals surface area contributed by atoms with E-state index in [0.717, 1.165) is 6.92 Å². The minimum atomic E-state index is -1.86. The number of aliphatic hydroxyl groups excluding tert-OH is 13. The second kappa shape index (κ2) is 28.7. The fraction of sp³-hybridized carbons (Fsp3) is 0.842. The highest BCUT2D eigenvalue weighted by molar-refractivity contribution is 5.84. The molecule has 0 aromatic rings. The topological polar surface area (TPSA) is 355 Å². The van der Waals surface area contributed by atoms with Crippen molar-refractivity contribution in [2.45, 2.75) is 69.6 Å². The number of carbonyl (C=O) groups is 3. The zero-order valence-corrected chi connectivity index (χ0v) is 20.6. The van der Waals surface area contributed by atoms with E-state index in [2.05, 4.69) is 0 Å². The molecule has 0 saturated heterocycles. The van der Waals surface area contributed by atoms with Crippen molar-refractivity contribution in [2.75, 3.05) is 33.0 Å². The van der Waals surface area contributed by atoms with E-state index < -0.39 is 93.0 Å². The number of aliphatic hydroxyl groups is 13. The molecule has 15 N–H and O–H groups in total. The third-order valence-corrected chi connectivity index (χ3v) is 3.26. The summed E-state index contributed by atoms with van der Waals surface area (Å²) < 4.78 is 0. The third kappa shape index (κ3) is 30.2. The normalized spacial score (nSPS) is 16.3. The SMILES string of the molecule is CC(=O)O.CC(O)C(=O)O.CCO.O=C(CO)[C@@H](O)[C@H](O)[C@H](O)CO.OC[C@@H](O)[C@@H](O)[C@H](O)[C@H](O)CO. The monoisotopic (exact) mass is 558 g/mol. The Bertz CT molecular complexity index is 527. The van der Waals surface area contributed by atoms with E-state index in [1.807, 2.05) is 0 Å². The van der Waals surface area contributed by atoms with E-state index in [-0.39, 0.29) is 6.61 Å². The second-order valence-corrected chi connectivity index (χ2v) is 6.64. The number of aliphatic carboxylic acids is 2. The molecule has 18 heteroatoms. The van der Waals surface area contributed by atoms with Gasteiger partial charge in [0.1, 0.15) is 55.4 Å². The van der Waals surface area contributed by atoms with Crippen LogP contribution in [0.5, 0.6) is 0 Å². The predicted octanol–water partition coefficient (Wildman–Crippen LogP) is -7.42. The van der Waals surface area contributed by atoms with E-state index >= 15 is 0 Å². The summed E-state index contributed by atoms with van der Waals surface area (Å²) in [4.78, 5) is 29.0. The van der Waals surface area contributed by atoms with Gasteiger partial charge in [0, 0.05) is 13.5 Å². The number of carboxylic acids is 2. The number of hydrogen-bond acceptors (Lipinski definition) is 16. The minimum absolute atomic E-state index is 0.250. The third-order valence-electron chi connectivity index (χ3n) is 3.26. The van der Waals surface area contributed by atoms with Crippen LogP contribution in [0.4, 0.5) is 0 Å². The van der Waals surface area contributed by atoms with Crippen LogP contribution in [0.3, 0.4) is 0 Å². The van der Waals surface area contributed by atoms with E-state index in [0.29, 0.717) is 0 Å². The summed E-state index contributed by atoms with van der Waals surface area (Å²) in [6.45, 7) is 1.07. The molecule has 0 heterocycles. The summed E-state index contributed by atoms with van der Waals surface area (Å²) in [6, 6.07) is 0. The molecule has 0 aliphatic heterocycles. The lowest BCUT2D eigenvalue weighted by Crippen LogP contribution is -2.46. The lowest BCUT2D eigenvalue weighted by molar-refractivity contribution is -0.145. The lowest BCUT2D eigenvalue weighted by atomic mass is 10.0. The first-order valence-corrected chi connectivity index (χ1v) is 10.3. The van der Waals surface area contributed by atoms with Gasteiger partial charge in [-0.3, -0.25) is 9.59 Å². The number of carboxylic acid groups (broad SMARTS) is 2. The number of rotatable bonds is 11. The number of hydrogen-bond donors (Lipinski definition) is 15. The van der Waals surface area contributed by atoms with Gasteiger partial charge in [0.15, 0.2) is 5.78 Å². The standard InChI is InChI=1S/C6H14O6.C6H12O6.C3H6O3.C2H4O2.C2H6O/c2*7-1-3(9)5(11)6(12)4(10)2-8;1-2(4)3(5)6;1-2(3)4;1-2-3/h3-12H,1-2H2;3,5-9,11-12H,1-2H2;2,4H,1H3,(H,5,6);1H3,(H,3,4);3H,2H2,1H3/t3-,4-,5-,6-;3-,5-,6-;;;/m11.../s1. The summed E-state index contributed by atoms with van der Waals surface area (Å²) in [5, 5.41) is 126.